The fourth-order valence-electron chi connectivity index (χ4n) is 3.53. The molecule has 2 heterocycles. The summed E-state index contributed by atoms with van der Waals surface area (Å²) in [4.78, 5) is 31.0. The van der Waals surface area contributed by atoms with Gasteiger partial charge in [0.2, 0.25) is 0 Å². The van der Waals surface area contributed by atoms with E-state index in [1.807, 2.05) is 30.5 Å². The number of esters is 1. The fourth-order valence-corrected chi connectivity index (χ4v) is 3.75. The highest BCUT2D eigenvalue weighted by molar-refractivity contribution is 6.35. The number of H-pyrrole nitrogens is 2. The van der Waals surface area contributed by atoms with Crippen LogP contribution in [0.5, 0.6) is 0 Å². The number of aromatic nitrogens is 2. The summed E-state index contributed by atoms with van der Waals surface area (Å²) in [5.74, 6) is -0.662. The Balaban J connectivity index is 1.71. The molecule has 7 heteroatoms. The van der Waals surface area contributed by atoms with E-state index >= 15 is 0 Å². The number of fused-ring (bicyclic) bond motifs is 2. The van der Waals surface area contributed by atoms with Gasteiger partial charge in [0.1, 0.15) is 5.56 Å². The average Bonchev–Trinajstić information content (AvgIpc) is 3.12. The van der Waals surface area contributed by atoms with Gasteiger partial charge in [-0.15, -0.1) is 0 Å². The Kier molecular flexibility index (Phi) is 5.27. The first-order valence-electron chi connectivity index (χ1n) is 9.40. The van der Waals surface area contributed by atoms with Crippen LogP contribution in [0.15, 0.2) is 53.5 Å². The second kappa shape index (κ2) is 8.01. The molecule has 0 bridgehead atoms. The molecule has 4 rings (SSSR count). The molecule has 0 radical (unpaired) electrons. The fraction of sp³-hybridized carbons (Fsp3) is 0.182. The number of benzene rings is 2. The third-order valence-electron chi connectivity index (χ3n) is 4.85. The number of hydrogen-bond donors (Lipinski definition) is 3. The summed E-state index contributed by atoms with van der Waals surface area (Å²) in [5, 5.41) is 5.50. The Morgan fingerprint density at radius 2 is 1.93 bits per heavy atom. The van der Waals surface area contributed by atoms with Crippen LogP contribution in [0.1, 0.15) is 22.8 Å². The van der Waals surface area contributed by atoms with Crippen molar-refractivity contribution in [3.05, 3.63) is 75.2 Å². The van der Waals surface area contributed by atoms with E-state index in [1.54, 1.807) is 19.1 Å². The van der Waals surface area contributed by atoms with Crippen molar-refractivity contribution in [3.8, 4) is 0 Å². The predicted molar refractivity (Wildman–Crippen MR) is 116 cm³/mol. The molecule has 0 saturated heterocycles. The molecule has 0 spiro atoms. The first kappa shape index (κ1) is 19.1. The van der Waals surface area contributed by atoms with Crippen molar-refractivity contribution in [2.75, 3.05) is 18.5 Å². The van der Waals surface area contributed by atoms with Crippen LogP contribution in [0, 0.1) is 0 Å². The number of pyridine rings is 1. The van der Waals surface area contributed by atoms with Gasteiger partial charge in [-0.1, -0.05) is 41.9 Å². The second-order valence-corrected chi connectivity index (χ2v) is 7.03. The zero-order valence-electron chi connectivity index (χ0n) is 15.8. The van der Waals surface area contributed by atoms with Crippen molar-refractivity contribution >= 4 is 45.1 Å². The van der Waals surface area contributed by atoms with Gasteiger partial charge in [0.05, 0.1) is 22.8 Å². The van der Waals surface area contributed by atoms with E-state index in [0.29, 0.717) is 34.6 Å². The lowest BCUT2D eigenvalue weighted by atomic mass is 10.1. The first-order valence-corrected chi connectivity index (χ1v) is 9.78. The molecular formula is C22H20ClN3O3. The van der Waals surface area contributed by atoms with Gasteiger partial charge in [0.25, 0.3) is 5.56 Å². The third kappa shape index (κ3) is 3.59. The maximum atomic E-state index is 12.6. The highest BCUT2D eigenvalue weighted by Gasteiger charge is 2.21. The number of carbonyl (C=O) groups excluding carboxylic acids is 1. The molecule has 0 amide bonds. The summed E-state index contributed by atoms with van der Waals surface area (Å²) in [5.41, 5.74) is 2.58. The number of nitrogens with one attached hydrogen (secondary N) is 3. The van der Waals surface area contributed by atoms with Crippen molar-refractivity contribution in [1.82, 2.24) is 9.97 Å². The molecule has 0 unspecified atom stereocenters. The Hall–Kier alpha value is -3.25. The Morgan fingerprint density at radius 3 is 2.76 bits per heavy atom. The molecule has 148 valence electrons. The largest absolute Gasteiger partial charge is 0.462 e. The van der Waals surface area contributed by atoms with Crippen LogP contribution >= 0.6 is 11.6 Å². The summed E-state index contributed by atoms with van der Waals surface area (Å²) >= 11 is 6.26. The van der Waals surface area contributed by atoms with E-state index in [4.69, 9.17) is 16.3 Å². The number of rotatable bonds is 6. The molecule has 0 aliphatic carbocycles. The van der Waals surface area contributed by atoms with Gasteiger partial charge in [-0.3, -0.25) is 4.79 Å². The summed E-state index contributed by atoms with van der Waals surface area (Å²) in [6, 6.07) is 13.4. The number of anilines is 1. The molecule has 29 heavy (non-hydrogen) atoms. The summed E-state index contributed by atoms with van der Waals surface area (Å²) in [6.07, 6.45) is 2.69. The van der Waals surface area contributed by atoms with Crippen LogP contribution in [0.3, 0.4) is 0 Å². The molecule has 2 aromatic carbocycles. The summed E-state index contributed by atoms with van der Waals surface area (Å²) < 4.78 is 5.10. The Labute approximate surface area is 171 Å². The van der Waals surface area contributed by atoms with E-state index in [9.17, 15) is 9.59 Å². The zero-order chi connectivity index (χ0) is 20.4. The van der Waals surface area contributed by atoms with Gasteiger partial charge in [0, 0.05) is 29.0 Å². The minimum atomic E-state index is -0.662. The van der Waals surface area contributed by atoms with E-state index in [0.717, 1.165) is 16.5 Å². The van der Waals surface area contributed by atoms with Gasteiger partial charge < -0.3 is 20.0 Å². The van der Waals surface area contributed by atoms with Crippen molar-refractivity contribution in [2.45, 2.75) is 13.3 Å². The number of halogens is 1. The van der Waals surface area contributed by atoms with E-state index in [1.165, 1.54) is 0 Å². The van der Waals surface area contributed by atoms with Gasteiger partial charge >= 0.3 is 5.97 Å². The molecule has 0 atom stereocenters. The van der Waals surface area contributed by atoms with Crippen LogP contribution in [-0.4, -0.2) is 29.1 Å². The predicted octanol–water partition coefficient (Wildman–Crippen LogP) is 4.49. The Bertz CT molecular complexity index is 1260. The van der Waals surface area contributed by atoms with Crippen molar-refractivity contribution in [2.24, 2.45) is 0 Å². The summed E-state index contributed by atoms with van der Waals surface area (Å²) in [7, 11) is 0. The van der Waals surface area contributed by atoms with Crippen molar-refractivity contribution < 1.29 is 9.53 Å². The van der Waals surface area contributed by atoms with Crippen molar-refractivity contribution in [1.29, 1.82) is 0 Å². The topological polar surface area (TPSA) is 87.0 Å². The summed E-state index contributed by atoms with van der Waals surface area (Å²) in [6.45, 7) is 2.41. The molecule has 0 fully saturated rings. The number of aromatic amines is 2. The normalized spacial score (nSPS) is 11.1. The van der Waals surface area contributed by atoms with Crippen LogP contribution < -0.4 is 10.9 Å². The monoisotopic (exact) mass is 409 g/mol. The molecule has 0 saturated carbocycles. The maximum absolute atomic E-state index is 12.6. The van der Waals surface area contributed by atoms with E-state index < -0.39 is 11.5 Å². The minimum absolute atomic E-state index is 0.0412. The molecule has 6 nitrogen and oxygen atoms in total. The smallest absolute Gasteiger partial charge is 0.345 e. The second-order valence-electron chi connectivity index (χ2n) is 6.62. The number of ether oxygens (including phenoxy) is 1. The molecule has 0 aliphatic heterocycles. The lowest BCUT2D eigenvalue weighted by molar-refractivity contribution is 0.0525. The lowest BCUT2D eigenvalue weighted by Crippen LogP contribution is -2.23. The van der Waals surface area contributed by atoms with E-state index in [2.05, 4.69) is 21.4 Å². The first-order chi connectivity index (χ1) is 14.1. The molecule has 2 aromatic heterocycles. The zero-order valence-corrected chi connectivity index (χ0v) is 16.6. The minimum Gasteiger partial charge on any atom is -0.462 e. The standard InChI is InChI=1S/C22H20ClN3O3/c1-2-29-22(28)18-20(15-7-5-8-16(23)19(15)26-21(18)27)24-11-10-13-12-25-17-9-4-3-6-14(13)17/h3-9,12,25H,2,10-11H2,1H3,(H2,24,26,27). The number of para-hydroxylation sites is 2. The average molecular weight is 410 g/mol. The van der Waals surface area contributed by atoms with Gasteiger partial charge in [-0.2, -0.15) is 0 Å². The highest BCUT2D eigenvalue weighted by Crippen LogP contribution is 2.29. The van der Waals surface area contributed by atoms with E-state index in [-0.39, 0.29) is 12.2 Å². The van der Waals surface area contributed by atoms with Gasteiger partial charge in [-0.25, -0.2) is 4.79 Å². The third-order valence-corrected chi connectivity index (χ3v) is 5.16. The highest BCUT2D eigenvalue weighted by atomic mass is 35.5. The Morgan fingerprint density at radius 1 is 1.14 bits per heavy atom. The van der Waals surface area contributed by atoms with Crippen LogP contribution in [0.2, 0.25) is 5.02 Å². The maximum Gasteiger partial charge on any atom is 0.345 e. The van der Waals surface area contributed by atoms with Crippen molar-refractivity contribution in [3.63, 3.8) is 0 Å². The van der Waals surface area contributed by atoms with Gasteiger partial charge in [0.15, 0.2) is 0 Å². The quantitative estimate of drug-likeness (QED) is 0.409. The molecule has 0 aliphatic rings. The number of carbonyl (C=O) groups is 1. The van der Waals surface area contributed by atoms with Crippen LogP contribution in [0.25, 0.3) is 21.8 Å². The molecule has 4 aromatic rings. The molecule has 3 N–H and O–H groups in total. The van der Waals surface area contributed by atoms with Gasteiger partial charge in [-0.05, 0) is 31.0 Å². The lowest BCUT2D eigenvalue weighted by Gasteiger charge is -2.14. The SMILES string of the molecule is CCOC(=O)c1c(NCCc2c[nH]c3ccccc23)c2cccc(Cl)c2[nH]c1=O. The van der Waals surface area contributed by atoms with Crippen LogP contribution in [0.4, 0.5) is 5.69 Å². The van der Waals surface area contributed by atoms with Crippen LogP contribution in [-0.2, 0) is 11.2 Å². The number of hydrogen-bond acceptors (Lipinski definition) is 4. The molecular weight excluding hydrogens is 390 g/mol.